The Labute approximate surface area is 199 Å². The lowest BCUT2D eigenvalue weighted by Gasteiger charge is -2.18. The monoisotopic (exact) mass is 446 g/mol. The maximum atomic E-state index is 13.1. The second-order valence-electron chi connectivity index (χ2n) is 8.51. The van der Waals surface area contributed by atoms with Crippen LogP contribution in [-0.2, 0) is 16.8 Å². The van der Waals surface area contributed by atoms with Gasteiger partial charge in [-0.2, -0.15) is 5.10 Å². The molecule has 0 heterocycles. The average Bonchev–Trinajstić information content (AvgIpc) is 3.67. The molecule has 1 aliphatic carbocycles. The molecule has 4 aromatic carbocycles. The van der Waals surface area contributed by atoms with Crippen molar-refractivity contribution in [2.75, 3.05) is 0 Å². The molecule has 168 valence electrons. The van der Waals surface area contributed by atoms with Crippen molar-refractivity contribution in [3.8, 4) is 5.75 Å². The zero-order valence-corrected chi connectivity index (χ0v) is 18.8. The van der Waals surface area contributed by atoms with Crippen LogP contribution in [-0.4, -0.2) is 12.1 Å². The van der Waals surface area contributed by atoms with E-state index in [4.69, 9.17) is 4.74 Å². The van der Waals surface area contributed by atoms with E-state index in [1.807, 2.05) is 91.0 Å². The number of amides is 1. The van der Waals surface area contributed by atoms with E-state index in [1.54, 1.807) is 6.21 Å². The molecule has 1 aliphatic rings. The van der Waals surface area contributed by atoms with Crippen molar-refractivity contribution >= 4 is 12.1 Å². The van der Waals surface area contributed by atoms with Crippen molar-refractivity contribution in [3.63, 3.8) is 0 Å². The number of hydrazone groups is 1. The molecule has 5 rings (SSSR count). The molecule has 4 heteroatoms. The van der Waals surface area contributed by atoms with Gasteiger partial charge in [0.15, 0.2) is 0 Å². The smallest absolute Gasteiger partial charge is 0.244 e. The van der Waals surface area contributed by atoms with Crippen LogP contribution in [0.4, 0.5) is 0 Å². The van der Waals surface area contributed by atoms with Crippen LogP contribution in [0.15, 0.2) is 120 Å². The molecular weight excluding hydrogens is 420 g/mol. The third kappa shape index (κ3) is 4.48. The minimum Gasteiger partial charge on any atom is -0.488 e. The fourth-order valence-corrected chi connectivity index (χ4v) is 4.55. The van der Waals surface area contributed by atoms with E-state index in [0.29, 0.717) is 6.61 Å². The zero-order valence-electron chi connectivity index (χ0n) is 18.8. The SMILES string of the molecule is O=C(NN=Cc1ccccc1OCc1ccccc1)C1CC1(c1ccccc1)c1ccccc1. The maximum absolute atomic E-state index is 13.1. The predicted octanol–water partition coefficient (Wildman–Crippen LogP) is 5.72. The molecule has 1 N–H and O–H groups in total. The fraction of sp³-hybridized carbons (Fsp3) is 0.133. The number of benzene rings is 4. The molecule has 0 aromatic heterocycles. The Balaban J connectivity index is 1.28. The number of ether oxygens (including phenoxy) is 1. The van der Waals surface area contributed by atoms with Crippen LogP contribution in [0.2, 0.25) is 0 Å². The van der Waals surface area contributed by atoms with Crippen molar-refractivity contribution < 1.29 is 9.53 Å². The first-order chi connectivity index (χ1) is 16.8. The molecule has 0 spiro atoms. The summed E-state index contributed by atoms with van der Waals surface area (Å²) in [6.07, 6.45) is 2.41. The van der Waals surface area contributed by atoms with Gasteiger partial charge in [0.2, 0.25) is 5.91 Å². The van der Waals surface area contributed by atoms with Crippen LogP contribution >= 0.6 is 0 Å². The zero-order chi connectivity index (χ0) is 23.2. The van der Waals surface area contributed by atoms with Crippen molar-refractivity contribution in [3.05, 3.63) is 138 Å². The highest BCUT2D eigenvalue weighted by Crippen LogP contribution is 2.58. The maximum Gasteiger partial charge on any atom is 0.244 e. The molecule has 1 atom stereocenters. The standard InChI is InChI=1S/C30H26N2O2/c33-29(27-20-30(27,25-15-6-2-7-16-25)26-17-8-3-9-18-26)32-31-21-24-14-10-11-19-28(24)34-22-23-12-4-1-5-13-23/h1-19,21,27H,20,22H2,(H,32,33). The number of nitrogens with zero attached hydrogens (tertiary/aromatic N) is 1. The molecule has 0 radical (unpaired) electrons. The molecule has 0 bridgehead atoms. The minimum atomic E-state index is -0.307. The molecular formula is C30H26N2O2. The summed E-state index contributed by atoms with van der Waals surface area (Å²) in [5, 5.41) is 4.27. The van der Waals surface area contributed by atoms with E-state index >= 15 is 0 Å². The molecule has 4 aromatic rings. The highest BCUT2D eigenvalue weighted by molar-refractivity contribution is 5.88. The van der Waals surface area contributed by atoms with Gasteiger partial charge < -0.3 is 4.74 Å². The van der Waals surface area contributed by atoms with Crippen molar-refractivity contribution in [2.24, 2.45) is 11.0 Å². The number of hydrogen-bond acceptors (Lipinski definition) is 3. The summed E-state index contributed by atoms with van der Waals surface area (Å²) in [6.45, 7) is 0.469. The van der Waals surface area contributed by atoms with Crippen LogP contribution < -0.4 is 10.2 Å². The van der Waals surface area contributed by atoms with Crippen LogP contribution in [0.1, 0.15) is 28.7 Å². The van der Waals surface area contributed by atoms with E-state index in [0.717, 1.165) is 34.4 Å². The summed E-state index contributed by atoms with van der Waals surface area (Å²) < 4.78 is 5.99. The lowest BCUT2D eigenvalue weighted by Crippen LogP contribution is -2.25. The Morgan fingerprint density at radius 1 is 0.824 bits per heavy atom. The number of carbonyl (C=O) groups is 1. The molecule has 4 nitrogen and oxygen atoms in total. The summed E-state index contributed by atoms with van der Waals surface area (Å²) in [4.78, 5) is 13.1. The second kappa shape index (κ2) is 9.75. The van der Waals surface area contributed by atoms with Gasteiger partial charge in [-0.3, -0.25) is 4.79 Å². The van der Waals surface area contributed by atoms with Gasteiger partial charge >= 0.3 is 0 Å². The highest BCUT2D eigenvalue weighted by Gasteiger charge is 2.60. The van der Waals surface area contributed by atoms with E-state index in [1.165, 1.54) is 0 Å². The number of carbonyl (C=O) groups excluding carboxylic acids is 1. The summed E-state index contributed by atoms with van der Waals surface area (Å²) in [7, 11) is 0. The second-order valence-corrected chi connectivity index (χ2v) is 8.51. The van der Waals surface area contributed by atoms with Gasteiger partial charge in [-0.05, 0) is 35.2 Å². The van der Waals surface area contributed by atoms with E-state index in [9.17, 15) is 4.79 Å². The van der Waals surface area contributed by atoms with Gasteiger partial charge in [-0.15, -0.1) is 0 Å². The van der Waals surface area contributed by atoms with Crippen molar-refractivity contribution in [1.29, 1.82) is 0 Å². The summed E-state index contributed by atoms with van der Waals surface area (Å²) in [6, 6.07) is 38.2. The number of nitrogens with one attached hydrogen (secondary N) is 1. The first-order valence-corrected chi connectivity index (χ1v) is 11.5. The van der Waals surface area contributed by atoms with Gasteiger partial charge in [0.25, 0.3) is 0 Å². The summed E-state index contributed by atoms with van der Waals surface area (Å²) >= 11 is 0. The fourth-order valence-electron chi connectivity index (χ4n) is 4.55. The quantitative estimate of drug-likeness (QED) is 0.278. The lowest BCUT2D eigenvalue weighted by atomic mass is 9.85. The van der Waals surface area contributed by atoms with E-state index < -0.39 is 0 Å². The Morgan fingerprint density at radius 3 is 2.03 bits per heavy atom. The normalized spacial score (nSPS) is 16.2. The molecule has 0 aliphatic heterocycles. The molecule has 0 saturated heterocycles. The Hall–Kier alpha value is -4.18. The molecule has 1 fully saturated rings. The number of para-hydroxylation sites is 1. The highest BCUT2D eigenvalue weighted by atomic mass is 16.5. The predicted molar refractivity (Wildman–Crippen MR) is 135 cm³/mol. The first kappa shape index (κ1) is 21.7. The van der Waals surface area contributed by atoms with Crippen LogP contribution in [0, 0.1) is 5.92 Å². The van der Waals surface area contributed by atoms with Gasteiger partial charge in [0, 0.05) is 11.0 Å². The Bertz CT molecular complexity index is 1230. The van der Waals surface area contributed by atoms with Crippen molar-refractivity contribution in [1.82, 2.24) is 5.43 Å². The van der Waals surface area contributed by atoms with Crippen LogP contribution in [0.5, 0.6) is 5.75 Å². The third-order valence-electron chi connectivity index (χ3n) is 6.39. The van der Waals surface area contributed by atoms with Crippen molar-refractivity contribution in [2.45, 2.75) is 18.4 Å². The molecule has 1 unspecified atom stereocenters. The Kier molecular flexibility index (Phi) is 6.21. The molecule has 1 saturated carbocycles. The van der Waals surface area contributed by atoms with Gasteiger partial charge in [0.1, 0.15) is 12.4 Å². The largest absolute Gasteiger partial charge is 0.488 e. The van der Waals surface area contributed by atoms with Crippen LogP contribution in [0.25, 0.3) is 0 Å². The molecule has 1 amide bonds. The van der Waals surface area contributed by atoms with Gasteiger partial charge in [-0.1, -0.05) is 103 Å². The van der Waals surface area contributed by atoms with Crippen LogP contribution in [0.3, 0.4) is 0 Å². The lowest BCUT2D eigenvalue weighted by molar-refractivity contribution is -0.122. The van der Waals surface area contributed by atoms with E-state index in [2.05, 4.69) is 34.8 Å². The van der Waals surface area contributed by atoms with Gasteiger partial charge in [-0.25, -0.2) is 5.43 Å². The molecule has 34 heavy (non-hydrogen) atoms. The number of rotatable bonds is 8. The first-order valence-electron chi connectivity index (χ1n) is 11.5. The summed E-state index contributed by atoms with van der Waals surface area (Å²) in [5.41, 5.74) is 6.68. The third-order valence-corrected chi connectivity index (χ3v) is 6.39. The Morgan fingerprint density at radius 2 is 1.38 bits per heavy atom. The van der Waals surface area contributed by atoms with E-state index in [-0.39, 0.29) is 17.2 Å². The summed E-state index contributed by atoms with van der Waals surface area (Å²) in [5.74, 6) is 0.476. The minimum absolute atomic E-state index is 0.0772. The number of hydrogen-bond donors (Lipinski definition) is 1. The average molecular weight is 447 g/mol. The van der Waals surface area contributed by atoms with Gasteiger partial charge in [0.05, 0.1) is 12.1 Å². The topological polar surface area (TPSA) is 50.7 Å².